The topological polar surface area (TPSA) is 67.9 Å². The highest BCUT2D eigenvalue weighted by molar-refractivity contribution is 5.70. The molecule has 2 aromatic rings. The number of nitrogens with zero attached hydrogens (tertiary/aromatic N) is 1. The van der Waals surface area contributed by atoms with Gasteiger partial charge in [0, 0.05) is 12.6 Å². The van der Waals surface area contributed by atoms with Crippen LogP contribution in [0.5, 0.6) is 0 Å². The highest BCUT2D eigenvalue weighted by Gasteiger charge is 2.44. The minimum Gasteiger partial charge on any atom is -0.445 e. The second kappa shape index (κ2) is 11.0. The molecule has 1 heterocycles. The van der Waals surface area contributed by atoms with E-state index in [9.17, 15) is 9.59 Å². The number of benzene rings is 2. The molecule has 0 bridgehead atoms. The van der Waals surface area contributed by atoms with Gasteiger partial charge < -0.3 is 19.7 Å². The standard InChI is InChI=1S/C26H32N2O4/c29-25(31-18-20-10-4-1-5-11-20)27-17-23-16-22-14-8-3-9-15-24(22)28(23)26(30)32-19-21-12-6-2-7-13-21/h1-2,4-7,10-13,22-24H,3,8-9,14-19H2,(H,27,29)/t22-,23?,24+/m0/s1. The van der Waals surface area contributed by atoms with E-state index in [0.717, 1.165) is 36.8 Å². The number of ether oxygens (including phenoxy) is 2. The van der Waals surface area contributed by atoms with E-state index in [-0.39, 0.29) is 31.4 Å². The summed E-state index contributed by atoms with van der Waals surface area (Å²) in [7, 11) is 0. The van der Waals surface area contributed by atoms with Crippen molar-refractivity contribution in [3.05, 3.63) is 71.8 Å². The van der Waals surface area contributed by atoms with Crippen LogP contribution in [0, 0.1) is 5.92 Å². The number of amides is 2. The summed E-state index contributed by atoms with van der Waals surface area (Å²) in [6.07, 6.45) is 5.82. The van der Waals surface area contributed by atoms with E-state index in [4.69, 9.17) is 9.47 Å². The third kappa shape index (κ3) is 5.81. The molecular formula is C26H32N2O4. The van der Waals surface area contributed by atoms with Crippen LogP contribution in [0.15, 0.2) is 60.7 Å². The van der Waals surface area contributed by atoms with Gasteiger partial charge >= 0.3 is 12.2 Å². The molecule has 3 atom stereocenters. The van der Waals surface area contributed by atoms with Gasteiger partial charge in [0.25, 0.3) is 0 Å². The lowest BCUT2D eigenvalue weighted by Crippen LogP contribution is -2.47. The molecule has 0 spiro atoms. The zero-order valence-corrected chi connectivity index (χ0v) is 18.4. The van der Waals surface area contributed by atoms with Crippen LogP contribution in [0.3, 0.4) is 0 Å². The van der Waals surface area contributed by atoms with E-state index >= 15 is 0 Å². The Morgan fingerprint density at radius 2 is 1.47 bits per heavy atom. The van der Waals surface area contributed by atoms with E-state index in [2.05, 4.69) is 5.32 Å². The molecule has 0 radical (unpaired) electrons. The van der Waals surface area contributed by atoms with E-state index in [1.165, 1.54) is 12.8 Å². The number of fused-ring (bicyclic) bond motifs is 1. The van der Waals surface area contributed by atoms with Crippen molar-refractivity contribution in [1.82, 2.24) is 10.2 Å². The molecule has 1 aliphatic heterocycles. The van der Waals surface area contributed by atoms with Gasteiger partial charge in [0.05, 0.1) is 6.04 Å². The van der Waals surface area contributed by atoms with Gasteiger partial charge in [0.1, 0.15) is 13.2 Å². The second-order valence-corrected chi connectivity index (χ2v) is 8.75. The number of alkyl carbamates (subject to hydrolysis) is 1. The fourth-order valence-corrected chi connectivity index (χ4v) is 4.98. The van der Waals surface area contributed by atoms with E-state index in [1.807, 2.05) is 65.6 Å². The highest BCUT2D eigenvalue weighted by atomic mass is 16.6. The molecular weight excluding hydrogens is 404 g/mol. The summed E-state index contributed by atoms with van der Waals surface area (Å²) < 4.78 is 11.0. The van der Waals surface area contributed by atoms with Gasteiger partial charge in [0.15, 0.2) is 0 Å². The Morgan fingerprint density at radius 1 is 0.844 bits per heavy atom. The van der Waals surface area contributed by atoms with Gasteiger partial charge in [-0.25, -0.2) is 9.59 Å². The lowest BCUT2D eigenvalue weighted by Gasteiger charge is -2.30. The van der Waals surface area contributed by atoms with Crippen molar-refractivity contribution in [1.29, 1.82) is 0 Å². The van der Waals surface area contributed by atoms with Crippen molar-refractivity contribution in [2.75, 3.05) is 6.54 Å². The number of nitrogens with one attached hydrogen (secondary N) is 1. The monoisotopic (exact) mass is 436 g/mol. The van der Waals surface area contributed by atoms with Crippen molar-refractivity contribution in [2.24, 2.45) is 5.92 Å². The van der Waals surface area contributed by atoms with E-state index in [1.54, 1.807) is 0 Å². The molecule has 1 saturated carbocycles. The van der Waals surface area contributed by atoms with Gasteiger partial charge in [-0.1, -0.05) is 79.9 Å². The molecule has 6 heteroatoms. The number of carbonyl (C=O) groups is 2. The molecule has 1 aliphatic carbocycles. The molecule has 32 heavy (non-hydrogen) atoms. The Hall–Kier alpha value is -3.02. The van der Waals surface area contributed by atoms with Crippen molar-refractivity contribution in [2.45, 2.75) is 63.8 Å². The lowest BCUT2D eigenvalue weighted by molar-refractivity contribution is 0.0723. The lowest BCUT2D eigenvalue weighted by atomic mass is 9.94. The van der Waals surface area contributed by atoms with Gasteiger partial charge in [-0.2, -0.15) is 0 Å². The van der Waals surface area contributed by atoms with Gasteiger partial charge in [0.2, 0.25) is 0 Å². The number of rotatable bonds is 6. The number of hydrogen-bond acceptors (Lipinski definition) is 4. The maximum Gasteiger partial charge on any atom is 0.410 e. The first-order chi connectivity index (χ1) is 15.7. The minimum absolute atomic E-state index is 0.0735. The van der Waals surface area contributed by atoms with Crippen molar-refractivity contribution >= 4 is 12.2 Å². The third-order valence-corrected chi connectivity index (χ3v) is 6.56. The number of likely N-dealkylation sites (tertiary alicyclic amines) is 1. The maximum atomic E-state index is 13.1. The summed E-state index contributed by atoms with van der Waals surface area (Å²) in [4.78, 5) is 27.3. The van der Waals surface area contributed by atoms with Crippen molar-refractivity contribution in [3.63, 3.8) is 0 Å². The van der Waals surface area contributed by atoms with Crippen LogP contribution < -0.4 is 5.32 Å². The molecule has 1 unspecified atom stereocenters. The molecule has 4 rings (SSSR count). The summed E-state index contributed by atoms with van der Waals surface area (Å²) in [5.41, 5.74) is 1.91. The molecule has 1 saturated heterocycles. The first-order valence-corrected chi connectivity index (χ1v) is 11.6. The molecule has 2 aliphatic rings. The molecule has 2 amide bonds. The number of hydrogen-bond donors (Lipinski definition) is 1. The van der Waals surface area contributed by atoms with Gasteiger partial charge in [-0.05, 0) is 36.3 Å². The minimum atomic E-state index is -0.460. The maximum absolute atomic E-state index is 13.1. The van der Waals surface area contributed by atoms with E-state index < -0.39 is 6.09 Å². The normalized spacial score (nSPS) is 22.5. The van der Waals surface area contributed by atoms with Gasteiger partial charge in [-0.3, -0.25) is 0 Å². The summed E-state index contributed by atoms with van der Waals surface area (Å²) in [5.74, 6) is 0.467. The zero-order chi connectivity index (χ0) is 22.2. The summed E-state index contributed by atoms with van der Waals surface area (Å²) in [5, 5.41) is 2.87. The summed E-state index contributed by atoms with van der Waals surface area (Å²) in [6.45, 7) is 0.860. The summed E-state index contributed by atoms with van der Waals surface area (Å²) >= 11 is 0. The Balaban J connectivity index is 1.35. The SMILES string of the molecule is O=C(NCC1C[C@@H]2CCCCC[C@H]2N1C(=O)OCc1ccccc1)OCc1ccccc1. The van der Waals surface area contributed by atoms with Gasteiger partial charge in [-0.15, -0.1) is 0 Å². The zero-order valence-electron chi connectivity index (χ0n) is 18.4. The first kappa shape index (κ1) is 22.2. The quantitative estimate of drug-likeness (QED) is 0.670. The first-order valence-electron chi connectivity index (χ1n) is 11.6. The molecule has 2 aromatic carbocycles. The van der Waals surface area contributed by atoms with Crippen molar-refractivity contribution in [3.8, 4) is 0 Å². The molecule has 170 valence electrons. The molecule has 6 nitrogen and oxygen atoms in total. The summed E-state index contributed by atoms with van der Waals surface area (Å²) in [6, 6.07) is 19.4. The molecule has 2 fully saturated rings. The second-order valence-electron chi connectivity index (χ2n) is 8.75. The van der Waals surface area contributed by atoms with Crippen LogP contribution in [-0.2, 0) is 22.7 Å². The third-order valence-electron chi connectivity index (χ3n) is 6.56. The van der Waals surface area contributed by atoms with Crippen LogP contribution in [0.4, 0.5) is 9.59 Å². The smallest absolute Gasteiger partial charge is 0.410 e. The molecule has 1 N–H and O–H groups in total. The average molecular weight is 437 g/mol. The fourth-order valence-electron chi connectivity index (χ4n) is 4.98. The van der Waals surface area contributed by atoms with Crippen LogP contribution in [0.25, 0.3) is 0 Å². The Bertz CT molecular complexity index is 874. The Morgan fingerprint density at radius 3 is 2.16 bits per heavy atom. The Kier molecular flexibility index (Phi) is 7.64. The highest BCUT2D eigenvalue weighted by Crippen LogP contribution is 2.39. The van der Waals surface area contributed by atoms with Crippen molar-refractivity contribution < 1.29 is 19.1 Å². The van der Waals surface area contributed by atoms with Crippen LogP contribution >= 0.6 is 0 Å². The van der Waals surface area contributed by atoms with Crippen LogP contribution in [-0.4, -0.2) is 35.7 Å². The van der Waals surface area contributed by atoms with Crippen LogP contribution in [0.1, 0.15) is 49.7 Å². The fraction of sp³-hybridized carbons (Fsp3) is 0.462. The van der Waals surface area contributed by atoms with E-state index in [0.29, 0.717) is 12.5 Å². The van der Waals surface area contributed by atoms with Crippen LogP contribution in [0.2, 0.25) is 0 Å². The Labute approximate surface area is 189 Å². The average Bonchev–Trinajstić information content (AvgIpc) is 3.02. The predicted molar refractivity (Wildman–Crippen MR) is 122 cm³/mol. The number of carbonyl (C=O) groups excluding carboxylic acids is 2. The largest absolute Gasteiger partial charge is 0.445 e. The molecule has 0 aromatic heterocycles. The predicted octanol–water partition coefficient (Wildman–Crippen LogP) is 5.27.